The van der Waals surface area contributed by atoms with Gasteiger partial charge in [0.15, 0.2) is 0 Å². The maximum Gasteiger partial charge on any atom is 0.145 e. The molecule has 0 aromatic heterocycles. The fraction of sp³-hybridized carbons (Fsp3) is 0.133. The van der Waals surface area contributed by atoms with Crippen LogP contribution >= 0.6 is 27.5 Å². The molecule has 0 amide bonds. The van der Waals surface area contributed by atoms with E-state index in [1.54, 1.807) is 0 Å². The molecule has 0 saturated carbocycles. The molecule has 6 heteroatoms. The fourth-order valence-corrected chi connectivity index (χ4v) is 2.45. The van der Waals surface area contributed by atoms with Gasteiger partial charge in [-0.3, -0.25) is 4.79 Å². The maximum absolute atomic E-state index is 13.8. The zero-order chi connectivity index (χ0) is 15.6. The maximum atomic E-state index is 13.8. The number of rotatable bonds is 4. The SMILES string of the molecule is O=C(Cc1cccc(Cl)c1F)Cc1c(F)ccc(Br)c1F. The molecule has 0 aliphatic heterocycles. The Hall–Kier alpha value is -1.33. The van der Waals surface area contributed by atoms with Gasteiger partial charge >= 0.3 is 0 Å². The predicted molar refractivity (Wildman–Crippen MR) is 77.9 cm³/mol. The van der Waals surface area contributed by atoms with E-state index in [1.807, 2.05) is 0 Å². The summed E-state index contributed by atoms with van der Waals surface area (Å²) in [6.07, 6.45) is -0.735. The van der Waals surface area contributed by atoms with Crippen LogP contribution in [0.15, 0.2) is 34.8 Å². The highest BCUT2D eigenvalue weighted by molar-refractivity contribution is 9.10. The van der Waals surface area contributed by atoms with Crippen LogP contribution in [-0.4, -0.2) is 5.78 Å². The summed E-state index contributed by atoms with van der Waals surface area (Å²) in [4.78, 5) is 11.9. The van der Waals surface area contributed by atoms with Gasteiger partial charge in [0.25, 0.3) is 0 Å². The van der Waals surface area contributed by atoms with Crippen LogP contribution in [0.1, 0.15) is 11.1 Å². The van der Waals surface area contributed by atoms with E-state index in [0.717, 1.165) is 6.07 Å². The number of carbonyl (C=O) groups excluding carboxylic acids is 1. The average molecular weight is 378 g/mol. The highest BCUT2D eigenvalue weighted by Gasteiger charge is 2.17. The van der Waals surface area contributed by atoms with E-state index in [9.17, 15) is 18.0 Å². The Morgan fingerprint density at radius 1 is 1.05 bits per heavy atom. The highest BCUT2D eigenvalue weighted by Crippen LogP contribution is 2.23. The lowest BCUT2D eigenvalue weighted by atomic mass is 10.0. The molecule has 2 aromatic rings. The second-order valence-corrected chi connectivity index (χ2v) is 5.69. The minimum absolute atomic E-state index is 0.0700. The van der Waals surface area contributed by atoms with Crippen molar-refractivity contribution in [1.29, 1.82) is 0 Å². The molecule has 2 rings (SSSR count). The number of hydrogen-bond donors (Lipinski definition) is 0. The lowest BCUT2D eigenvalue weighted by molar-refractivity contribution is -0.117. The molecule has 0 fully saturated rings. The molecule has 0 heterocycles. The van der Waals surface area contributed by atoms with E-state index in [1.165, 1.54) is 24.3 Å². The van der Waals surface area contributed by atoms with Gasteiger partial charge in [0.05, 0.1) is 9.50 Å². The van der Waals surface area contributed by atoms with E-state index < -0.39 is 29.7 Å². The lowest BCUT2D eigenvalue weighted by Crippen LogP contribution is -2.11. The Morgan fingerprint density at radius 2 is 1.76 bits per heavy atom. The Balaban J connectivity index is 2.20. The molecule has 0 radical (unpaired) electrons. The minimum Gasteiger partial charge on any atom is -0.299 e. The summed E-state index contributed by atoms with van der Waals surface area (Å²) >= 11 is 8.54. The zero-order valence-corrected chi connectivity index (χ0v) is 12.9. The van der Waals surface area contributed by atoms with E-state index in [4.69, 9.17) is 11.6 Å². The number of halogens is 5. The minimum atomic E-state index is -0.824. The summed E-state index contributed by atoms with van der Waals surface area (Å²) < 4.78 is 41.1. The van der Waals surface area contributed by atoms with Gasteiger partial charge < -0.3 is 0 Å². The third kappa shape index (κ3) is 3.66. The van der Waals surface area contributed by atoms with E-state index in [0.29, 0.717) is 0 Å². The van der Waals surface area contributed by atoms with Crippen molar-refractivity contribution in [2.24, 2.45) is 0 Å². The Morgan fingerprint density at radius 3 is 2.48 bits per heavy atom. The standard InChI is InChI=1S/C15H9BrClF3O/c16-11-4-5-13(18)10(15(11)20)7-9(21)6-8-2-1-3-12(17)14(8)19/h1-5H,6-7H2. The first kappa shape index (κ1) is 16.0. The van der Waals surface area contributed by atoms with E-state index in [-0.39, 0.29) is 27.0 Å². The monoisotopic (exact) mass is 376 g/mol. The normalized spacial score (nSPS) is 10.7. The molecule has 0 unspecified atom stereocenters. The van der Waals surface area contributed by atoms with Gasteiger partial charge in [-0.05, 0) is 39.7 Å². The molecule has 0 N–H and O–H groups in total. The molecule has 110 valence electrons. The van der Waals surface area contributed by atoms with Crippen molar-refractivity contribution in [3.63, 3.8) is 0 Å². The highest BCUT2D eigenvalue weighted by atomic mass is 79.9. The van der Waals surface area contributed by atoms with Crippen molar-refractivity contribution in [2.75, 3.05) is 0 Å². The van der Waals surface area contributed by atoms with E-state index >= 15 is 0 Å². The smallest absolute Gasteiger partial charge is 0.145 e. The van der Waals surface area contributed by atoms with Crippen LogP contribution in [-0.2, 0) is 17.6 Å². The fourth-order valence-electron chi connectivity index (χ4n) is 1.89. The third-order valence-corrected chi connectivity index (χ3v) is 3.84. The Kier molecular flexibility index (Phi) is 5.06. The van der Waals surface area contributed by atoms with Crippen molar-refractivity contribution in [3.05, 3.63) is 68.4 Å². The summed E-state index contributed by atoms with van der Waals surface area (Å²) in [7, 11) is 0. The molecular formula is C15H9BrClF3O. The first-order valence-electron chi connectivity index (χ1n) is 5.97. The number of carbonyl (C=O) groups is 1. The molecule has 1 nitrogen and oxygen atoms in total. The Labute approximate surface area is 132 Å². The summed E-state index contributed by atoms with van der Waals surface area (Å²) in [5, 5.41) is -0.0971. The number of benzene rings is 2. The third-order valence-electron chi connectivity index (χ3n) is 2.93. The van der Waals surface area contributed by atoms with Gasteiger partial charge in [0.1, 0.15) is 23.2 Å². The quantitative estimate of drug-likeness (QED) is 0.695. The van der Waals surface area contributed by atoms with Crippen LogP contribution in [0.2, 0.25) is 5.02 Å². The second-order valence-electron chi connectivity index (χ2n) is 4.43. The van der Waals surface area contributed by atoms with Gasteiger partial charge in [-0.15, -0.1) is 0 Å². The molecule has 0 spiro atoms. The van der Waals surface area contributed by atoms with Crippen LogP contribution in [0.3, 0.4) is 0 Å². The van der Waals surface area contributed by atoms with Gasteiger partial charge in [0, 0.05) is 18.4 Å². The van der Waals surface area contributed by atoms with Crippen molar-refractivity contribution in [2.45, 2.75) is 12.8 Å². The van der Waals surface area contributed by atoms with Crippen LogP contribution < -0.4 is 0 Å². The van der Waals surface area contributed by atoms with Gasteiger partial charge in [-0.1, -0.05) is 23.7 Å². The first-order valence-corrected chi connectivity index (χ1v) is 7.14. The topological polar surface area (TPSA) is 17.1 Å². The van der Waals surface area contributed by atoms with Crippen LogP contribution in [0.4, 0.5) is 13.2 Å². The number of Topliss-reactive ketones (excluding diaryl/α,β-unsaturated/α-hetero) is 1. The van der Waals surface area contributed by atoms with Crippen molar-refractivity contribution in [3.8, 4) is 0 Å². The summed E-state index contributed by atoms with van der Waals surface area (Å²) in [6, 6.07) is 6.56. The van der Waals surface area contributed by atoms with Crippen LogP contribution in [0.5, 0.6) is 0 Å². The van der Waals surface area contributed by atoms with Crippen molar-refractivity contribution in [1.82, 2.24) is 0 Å². The second kappa shape index (κ2) is 6.62. The molecule has 2 aromatic carbocycles. The summed E-state index contributed by atoms with van der Waals surface area (Å²) in [5.41, 5.74) is -0.236. The van der Waals surface area contributed by atoms with Crippen molar-refractivity contribution < 1.29 is 18.0 Å². The largest absolute Gasteiger partial charge is 0.299 e. The molecule has 0 bridgehead atoms. The first-order chi connectivity index (χ1) is 9.90. The average Bonchev–Trinajstić information content (AvgIpc) is 2.44. The summed E-state index contributed by atoms with van der Waals surface area (Å²) in [6.45, 7) is 0. The van der Waals surface area contributed by atoms with Gasteiger partial charge in [-0.25, -0.2) is 13.2 Å². The Bertz CT molecular complexity index is 704. The molecular weight excluding hydrogens is 369 g/mol. The van der Waals surface area contributed by atoms with Crippen LogP contribution in [0.25, 0.3) is 0 Å². The van der Waals surface area contributed by atoms with Crippen LogP contribution in [0, 0.1) is 17.5 Å². The predicted octanol–water partition coefficient (Wildman–Crippen LogP) is 4.87. The molecule has 21 heavy (non-hydrogen) atoms. The van der Waals surface area contributed by atoms with Crippen molar-refractivity contribution >= 4 is 33.3 Å². The molecule has 0 saturated heterocycles. The summed E-state index contributed by atoms with van der Waals surface area (Å²) in [5.74, 6) is -2.83. The number of ketones is 1. The van der Waals surface area contributed by atoms with Gasteiger partial charge in [0.2, 0.25) is 0 Å². The molecule has 0 aliphatic rings. The van der Waals surface area contributed by atoms with E-state index in [2.05, 4.69) is 15.9 Å². The zero-order valence-electron chi connectivity index (χ0n) is 10.6. The lowest BCUT2D eigenvalue weighted by Gasteiger charge is -2.07. The van der Waals surface area contributed by atoms with Gasteiger partial charge in [-0.2, -0.15) is 0 Å². The molecule has 0 aliphatic carbocycles. The number of hydrogen-bond acceptors (Lipinski definition) is 1. The molecule has 0 atom stereocenters.